The maximum atomic E-state index is 13.2. The van der Waals surface area contributed by atoms with Gasteiger partial charge in [0.1, 0.15) is 0 Å². The van der Waals surface area contributed by atoms with Crippen molar-refractivity contribution in [2.45, 2.75) is 67.3 Å². The van der Waals surface area contributed by atoms with Gasteiger partial charge in [0.25, 0.3) is 0 Å². The van der Waals surface area contributed by atoms with Gasteiger partial charge in [-0.25, -0.2) is 0 Å². The lowest BCUT2D eigenvalue weighted by molar-refractivity contribution is -0.115. The van der Waals surface area contributed by atoms with Gasteiger partial charge in [0.15, 0.2) is 5.78 Å². The number of nitrogens with one attached hydrogen (secondary N) is 1. The Bertz CT molecular complexity index is 1230. The Morgan fingerprint density at radius 3 is 2.16 bits per heavy atom. The number of aryl methyl sites for hydroxylation is 2. The second kappa shape index (κ2) is 13.7. The molecule has 0 aliphatic carbocycles. The third kappa shape index (κ3) is 8.39. The highest BCUT2D eigenvalue weighted by molar-refractivity contribution is 5.98. The minimum atomic E-state index is -0.151. The van der Waals surface area contributed by atoms with E-state index < -0.39 is 0 Å². The molecule has 2 aromatic carbocycles. The van der Waals surface area contributed by atoms with Crippen LogP contribution in [0.25, 0.3) is 11.1 Å². The van der Waals surface area contributed by atoms with Crippen LogP contribution in [0.2, 0.25) is 0 Å². The third-order valence-electron chi connectivity index (χ3n) is 6.04. The molecule has 0 saturated heterocycles. The molecule has 0 spiro atoms. The quantitative estimate of drug-likeness (QED) is 0.302. The molecule has 37 heavy (non-hydrogen) atoms. The zero-order chi connectivity index (χ0) is 25.8. The molecule has 5 nitrogen and oxygen atoms in total. The first-order valence-corrected chi connectivity index (χ1v) is 12.2. The number of amides is 1. The fourth-order valence-electron chi connectivity index (χ4n) is 4.37. The van der Waals surface area contributed by atoms with Gasteiger partial charge >= 0.3 is 0 Å². The first-order valence-electron chi connectivity index (χ1n) is 12.2. The van der Waals surface area contributed by atoms with Crippen molar-refractivity contribution in [3.63, 3.8) is 0 Å². The summed E-state index contributed by atoms with van der Waals surface area (Å²) in [6, 6.07) is 15.4. The average molecular weight is 545 g/mol. The lowest BCUT2D eigenvalue weighted by atomic mass is 9.84. The van der Waals surface area contributed by atoms with E-state index >= 15 is 0 Å². The van der Waals surface area contributed by atoms with Crippen LogP contribution >= 0.6 is 24.8 Å². The van der Waals surface area contributed by atoms with E-state index in [1.165, 1.54) is 12.5 Å². The van der Waals surface area contributed by atoms with Gasteiger partial charge in [0.05, 0.1) is 6.42 Å². The molecule has 3 rings (SSSR count). The van der Waals surface area contributed by atoms with Crippen molar-refractivity contribution in [3.05, 3.63) is 82.2 Å². The van der Waals surface area contributed by atoms with Crippen molar-refractivity contribution >= 4 is 42.2 Å². The van der Waals surface area contributed by atoms with E-state index in [1.807, 2.05) is 0 Å². The zero-order valence-electron chi connectivity index (χ0n) is 22.6. The predicted octanol–water partition coefficient (Wildman–Crippen LogP) is 6.89. The average Bonchev–Trinajstić information content (AvgIpc) is 2.79. The summed E-state index contributed by atoms with van der Waals surface area (Å²) >= 11 is 0. The normalized spacial score (nSPS) is 10.8. The van der Waals surface area contributed by atoms with Gasteiger partial charge in [-0.2, -0.15) is 0 Å². The molecule has 0 fully saturated rings. The molecule has 0 atom stereocenters. The molecule has 0 unspecified atom stereocenters. The fraction of sp³-hybridized carbons (Fsp3) is 0.367. The van der Waals surface area contributed by atoms with E-state index in [0.29, 0.717) is 24.2 Å². The maximum Gasteiger partial charge on any atom is 0.228 e. The molecule has 1 aromatic heterocycles. The molecule has 0 bridgehead atoms. The second-order valence-electron chi connectivity index (χ2n) is 10.4. The van der Waals surface area contributed by atoms with Crippen molar-refractivity contribution in [1.29, 1.82) is 0 Å². The number of hydrogen-bond acceptors (Lipinski definition) is 4. The second-order valence-corrected chi connectivity index (χ2v) is 10.4. The van der Waals surface area contributed by atoms with E-state index in [1.54, 1.807) is 24.3 Å². The van der Waals surface area contributed by atoms with Gasteiger partial charge in [0, 0.05) is 29.2 Å². The number of hydrogen-bond donors (Lipinski definition) is 2. The van der Waals surface area contributed by atoms with Crippen molar-refractivity contribution in [1.82, 2.24) is 4.98 Å². The Hall–Kier alpha value is -2.73. The first kappa shape index (κ1) is 32.3. The van der Waals surface area contributed by atoms with Crippen LogP contribution in [0.15, 0.2) is 48.5 Å². The highest BCUT2D eigenvalue weighted by Crippen LogP contribution is 2.35. The summed E-state index contributed by atoms with van der Waals surface area (Å²) in [7, 11) is 0. The van der Waals surface area contributed by atoms with Crippen molar-refractivity contribution in [2.75, 3.05) is 5.32 Å². The number of rotatable bonds is 8. The lowest BCUT2D eigenvalue weighted by Crippen LogP contribution is -2.21. The SMILES string of the molecule is CCc1nc(CC(C)(C)C)c(CN)c(-c2ccc(C)cc2)c1CC(=O)Nc1cccc(C(C)=O)c1.Cl.Cl. The largest absolute Gasteiger partial charge is 0.326 e. The number of pyridine rings is 1. The summed E-state index contributed by atoms with van der Waals surface area (Å²) in [5.41, 5.74) is 14.6. The van der Waals surface area contributed by atoms with Crippen LogP contribution < -0.4 is 11.1 Å². The molecule has 3 N–H and O–H groups in total. The Labute approximate surface area is 233 Å². The number of Topliss-reactive ketones (excluding diaryl/α,β-unsaturated/α-hetero) is 1. The zero-order valence-corrected chi connectivity index (χ0v) is 24.2. The summed E-state index contributed by atoms with van der Waals surface area (Å²) in [6.45, 7) is 12.6. The fourth-order valence-corrected chi connectivity index (χ4v) is 4.37. The van der Waals surface area contributed by atoms with Crippen molar-refractivity contribution < 1.29 is 9.59 Å². The number of nitrogens with zero attached hydrogens (tertiary/aromatic N) is 1. The van der Waals surface area contributed by atoms with Gasteiger partial charge in [-0.3, -0.25) is 14.6 Å². The van der Waals surface area contributed by atoms with Crippen LogP contribution in [-0.2, 0) is 30.6 Å². The molecule has 0 aliphatic rings. The van der Waals surface area contributed by atoms with Crippen molar-refractivity contribution in [3.8, 4) is 11.1 Å². The summed E-state index contributed by atoms with van der Waals surface area (Å²) in [6.07, 6.45) is 1.69. The van der Waals surface area contributed by atoms with Crippen LogP contribution in [0, 0.1) is 12.3 Å². The number of aromatic nitrogens is 1. The van der Waals surface area contributed by atoms with Crippen LogP contribution in [0.3, 0.4) is 0 Å². The summed E-state index contributed by atoms with van der Waals surface area (Å²) in [5, 5.41) is 2.96. The summed E-state index contributed by atoms with van der Waals surface area (Å²) < 4.78 is 0. The number of halogens is 2. The van der Waals surface area contributed by atoms with E-state index in [2.05, 4.69) is 64.2 Å². The molecular formula is C30H39Cl2N3O2. The standard InChI is InChI=1S/C30H37N3O2.2ClH/c1-7-26-24(16-28(35)32-23-10-8-9-22(15-23)20(3)34)29(21-13-11-19(2)12-14-21)25(18-31)27(33-26)17-30(4,5)6;;/h8-15H,7,16-18,31H2,1-6H3,(H,32,35);2*1H. The number of benzene rings is 2. The number of nitrogens with two attached hydrogens (primary N) is 1. The highest BCUT2D eigenvalue weighted by Gasteiger charge is 2.24. The molecule has 0 aliphatic heterocycles. The van der Waals surface area contributed by atoms with E-state index in [9.17, 15) is 9.59 Å². The number of carbonyl (C=O) groups excluding carboxylic acids is 2. The topological polar surface area (TPSA) is 85.1 Å². The molecular weight excluding hydrogens is 505 g/mol. The molecule has 200 valence electrons. The number of ketones is 1. The molecule has 7 heteroatoms. The Morgan fingerprint density at radius 1 is 0.973 bits per heavy atom. The van der Waals surface area contributed by atoms with Crippen LogP contribution in [0.4, 0.5) is 5.69 Å². The Balaban J connectivity index is 0.00000342. The van der Waals surface area contributed by atoms with Gasteiger partial charge in [-0.15, -0.1) is 24.8 Å². The third-order valence-corrected chi connectivity index (χ3v) is 6.04. The Morgan fingerprint density at radius 2 is 1.62 bits per heavy atom. The highest BCUT2D eigenvalue weighted by atomic mass is 35.5. The van der Waals surface area contributed by atoms with E-state index in [-0.39, 0.29) is 48.3 Å². The van der Waals surface area contributed by atoms with Crippen LogP contribution in [0.5, 0.6) is 0 Å². The molecule has 3 aromatic rings. The van der Waals surface area contributed by atoms with E-state index in [0.717, 1.165) is 40.1 Å². The summed E-state index contributed by atoms with van der Waals surface area (Å²) in [4.78, 5) is 30.0. The molecule has 0 saturated carbocycles. The first-order chi connectivity index (χ1) is 16.5. The van der Waals surface area contributed by atoms with Gasteiger partial charge in [-0.1, -0.05) is 69.7 Å². The van der Waals surface area contributed by atoms with Gasteiger partial charge in [-0.05, 0) is 66.5 Å². The smallest absolute Gasteiger partial charge is 0.228 e. The number of carbonyl (C=O) groups is 2. The Kier molecular flexibility index (Phi) is 12.0. The van der Waals surface area contributed by atoms with Gasteiger partial charge in [0.2, 0.25) is 5.91 Å². The lowest BCUT2D eigenvalue weighted by Gasteiger charge is -2.25. The minimum Gasteiger partial charge on any atom is -0.326 e. The molecule has 0 radical (unpaired) electrons. The molecule has 1 heterocycles. The maximum absolute atomic E-state index is 13.2. The van der Waals surface area contributed by atoms with Crippen LogP contribution in [-0.4, -0.2) is 16.7 Å². The number of anilines is 1. The summed E-state index contributed by atoms with van der Waals surface area (Å²) in [5.74, 6) is -0.190. The van der Waals surface area contributed by atoms with E-state index in [4.69, 9.17) is 10.7 Å². The minimum absolute atomic E-state index is 0. The predicted molar refractivity (Wildman–Crippen MR) is 158 cm³/mol. The van der Waals surface area contributed by atoms with Crippen molar-refractivity contribution in [2.24, 2.45) is 11.1 Å². The van der Waals surface area contributed by atoms with Gasteiger partial charge < -0.3 is 11.1 Å². The van der Waals surface area contributed by atoms with Crippen LogP contribution in [0.1, 0.15) is 73.1 Å². The monoisotopic (exact) mass is 543 g/mol. The molecule has 1 amide bonds.